The summed E-state index contributed by atoms with van der Waals surface area (Å²) >= 11 is 0. The molecule has 74 valence electrons. The van der Waals surface area contributed by atoms with Crippen LogP contribution in [-0.4, -0.2) is 21.3 Å². The van der Waals surface area contributed by atoms with Crippen molar-refractivity contribution in [3.63, 3.8) is 0 Å². The van der Waals surface area contributed by atoms with E-state index in [9.17, 15) is 4.79 Å². The Balaban J connectivity index is 3.02. The Morgan fingerprint density at radius 2 is 2.14 bits per heavy atom. The van der Waals surface area contributed by atoms with E-state index in [1.165, 1.54) is 18.2 Å². The Bertz CT molecular complexity index is 368. The lowest BCUT2D eigenvalue weighted by molar-refractivity contribution is -0.131. The van der Waals surface area contributed by atoms with E-state index in [1.54, 1.807) is 6.07 Å². The number of carbonyl (C=O) groups is 1. The predicted molar refractivity (Wildman–Crippen MR) is 50.7 cm³/mol. The second-order valence-electron chi connectivity index (χ2n) is 2.71. The summed E-state index contributed by atoms with van der Waals surface area (Å²) in [5.74, 6) is -1.01. The molecule has 0 amide bonds. The number of aliphatic hydroxyl groups is 1. The third kappa shape index (κ3) is 2.60. The zero-order valence-electron chi connectivity index (χ0n) is 7.34. The summed E-state index contributed by atoms with van der Waals surface area (Å²) in [6, 6.07) is 4.36. The van der Waals surface area contributed by atoms with Gasteiger partial charge in [-0.25, -0.2) is 4.79 Å². The van der Waals surface area contributed by atoms with Gasteiger partial charge in [0, 0.05) is 6.08 Å². The number of hydrogen-bond donors (Lipinski definition) is 3. The summed E-state index contributed by atoms with van der Waals surface area (Å²) < 4.78 is 0. The standard InChI is InChI=1S/C10H10O4/c11-6-8-5-9(12)3-1-7(8)2-4-10(13)14/h1-5,11-12H,6H2,(H,13,14)/b4-2+. The maximum atomic E-state index is 10.2. The third-order valence-electron chi connectivity index (χ3n) is 1.70. The number of rotatable bonds is 3. The molecule has 3 N–H and O–H groups in total. The zero-order chi connectivity index (χ0) is 10.6. The molecule has 0 aliphatic rings. The van der Waals surface area contributed by atoms with Crippen molar-refractivity contribution in [2.24, 2.45) is 0 Å². The first kappa shape index (κ1) is 10.3. The Morgan fingerprint density at radius 1 is 1.43 bits per heavy atom. The average molecular weight is 194 g/mol. The van der Waals surface area contributed by atoms with E-state index >= 15 is 0 Å². The minimum atomic E-state index is -1.05. The van der Waals surface area contributed by atoms with Gasteiger partial charge in [-0.05, 0) is 29.3 Å². The van der Waals surface area contributed by atoms with Crippen LogP contribution in [0.15, 0.2) is 24.3 Å². The fourth-order valence-electron chi connectivity index (χ4n) is 1.05. The molecule has 0 unspecified atom stereocenters. The van der Waals surface area contributed by atoms with Crippen LogP contribution in [0.4, 0.5) is 0 Å². The van der Waals surface area contributed by atoms with Gasteiger partial charge in [0.1, 0.15) is 5.75 Å². The highest BCUT2D eigenvalue weighted by Crippen LogP contribution is 2.17. The van der Waals surface area contributed by atoms with Gasteiger partial charge in [-0.1, -0.05) is 6.07 Å². The van der Waals surface area contributed by atoms with Crippen LogP contribution >= 0.6 is 0 Å². The fraction of sp³-hybridized carbons (Fsp3) is 0.100. The van der Waals surface area contributed by atoms with E-state index in [4.69, 9.17) is 15.3 Å². The van der Waals surface area contributed by atoms with E-state index in [2.05, 4.69) is 0 Å². The number of carboxylic acid groups (broad SMARTS) is 1. The molecule has 0 saturated heterocycles. The van der Waals surface area contributed by atoms with Crippen LogP contribution in [0.3, 0.4) is 0 Å². The van der Waals surface area contributed by atoms with Gasteiger partial charge < -0.3 is 15.3 Å². The van der Waals surface area contributed by atoms with Crippen molar-refractivity contribution < 1.29 is 20.1 Å². The molecular formula is C10H10O4. The smallest absolute Gasteiger partial charge is 0.328 e. The minimum Gasteiger partial charge on any atom is -0.508 e. The van der Waals surface area contributed by atoms with Gasteiger partial charge in [-0.15, -0.1) is 0 Å². The number of phenols is 1. The second kappa shape index (κ2) is 4.43. The van der Waals surface area contributed by atoms with E-state index in [0.29, 0.717) is 11.1 Å². The maximum Gasteiger partial charge on any atom is 0.328 e. The lowest BCUT2D eigenvalue weighted by Gasteiger charge is -2.02. The van der Waals surface area contributed by atoms with Crippen LogP contribution in [0, 0.1) is 0 Å². The maximum absolute atomic E-state index is 10.2. The molecule has 0 saturated carbocycles. The summed E-state index contributed by atoms with van der Waals surface area (Å²) in [7, 11) is 0. The average Bonchev–Trinajstić information content (AvgIpc) is 2.15. The molecule has 0 aliphatic heterocycles. The van der Waals surface area contributed by atoms with Crippen LogP contribution in [0.5, 0.6) is 5.75 Å². The number of aliphatic hydroxyl groups excluding tert-OH is 1. The van der Waals surface area contributed by atoms with E-state index in [1.807, 2.05) is 0 Å². The number of carboxylic acids is 1. The van der Waals surface area contributed by atoms with Crippen molar-refractivity contribution in [1.29, 1.82) is 0 Å². The largest absolute Gasteiger partial charge is 0.508 e. The molecule has 0 fully saturated rings. The molecule has 0 radical (unpaired) electrons. The molecule has 0 heterocycles. The van der Waals surface area contributed by atoms with Gasteiger partial charge in [0.2, 0.25) is 0 Å². The first-order valence-electron chi connectivity index (χ1n) is 3.97. The van der Waals surface area contributed by atoms with Crippen molar-refractivity contribution in [1.82, 2.24) is 0 Å². The molecule has 0 aromatic heterocycles. The number of phenolic OH excluding ortho intramolecular Hbond substituents is 1. The van der Waals surface area contributed by atoms with Gasteiger partial charge in [0.25, 0.3) is 0 Å². The van der Waals surface area contributed by atoms with Crippen molar-refractivity contribution >= 4 is 12.0 Å². The van der Waals surface area contributed by atoms with Crippen LogP contribution in [0.1, 0.15) is 11.1 Å². The van der Waals surface area contributed by atoms with Gasteiger partial charge in [-0.3, -0.25) is 0 Å². The van der Waals surface area contributed by atoms with Gasteiger partial charge in [-0.2, -0.15) is 0 Å². The Morgan fingerprint density at radius 3 is 2.71 bits per heavy atom. The molecule has 0 bridgehead atoms. The summed E-state index contributed by atoms with van der Waals surface area (Å²) in [6.07, 6.45) is 2.35. The predicted octanol–water partition coefficient (Wildman–Crippen LogP) is 0.982. The Labute approximate surface area is 80.7 Å². The van der Waals surface area contributed by atoms with Crippen molar-refractivity contribution in [3.8, 4) is 5.75 Å². The Kier molecular flexibility index (Phi) is 3.25. The molecule has 1 aromatic carbocycles. The molecule has 1 aromatic rings. The number of hydrogen-bond acceptors (Lipinski definition) is 3. The SMILES string of the molecule is O=C(O)/C=C/c1ccc(O)cc1CO. The highest BCUT2D eigenvalue weighted by molar-refractivity contribution is 5.85. The number of benzene rings is 1. The molecule has 0 spiro atoms. The van der Waals surface area contributed by atoms with Crippen molar-refractivity contribution in [2.45, 2.75) is 6.61 Å². The monoisotopic (exact) mass is 194 g/mol. The number of aromatic hydroxyl groups is 1. The lowest BCUT2D eigenvalue weighted by atomic mass is 10.1. The summed E-state index contributed by atoms with van der Waals surface area (Å²) in [5, 5.41) is 26.4. The van der Waals surface area contributed by atoms with Crippen LogP contribution < -0.4 is 0 Å². The zero-order valence-corrected chi connectivity index (χ0v) is 7.34. The van der Waals surface area contributed by atoms with Crippen molar-refractivity contribution in [2.75, 3.05) is 0 Å². The van der Waals surface area contributed by atoms with Gasteiger partial charge in [0.05, 0.1) is 6.61 Å². The molecule has 14 heavy (non-hydrogen) atoms. The number of aliphatic carboxylic acids is 1. The molecular weight excluding hydrogens is 184 g/mol. The third-order valence-corrected chi connectivity index (χ3v) is 1.70. The molecule has 4 heteroatoms. The van der Waals surface area contributed by atoms with E-state index in [0.717, 1.165) is 6.08 Å². The van der Waals surface area contributed by atoms with Gasteiger partial charge in [0.15, 0.2) is 0 Å². The van der Waals surface area contributed by atoms with Gasteiger partial charge >= 0.3 is 5.97 Å². The summed E-state index contributed by atoms with van der Waals surface area (Å²) in [6.45, 7) is -0.242. The Hall–Kier alpha value is -1.81. The first-order chi connectivity index (χ1) is 6.63. The highest BCUT2D eigenvalue weighted by atomic mass is 16.4. The molecule has 0 aliphatic carbocycles. The topological polar surface area (TPSA) is 77.8 Å². The minimum absolute atomic E-state index is 0.0431. The van der Waals surface area contributed by atoms with Crippen LogP contribution in [-0.2, 0) is 11.4 Å². The normalized spacial score (nSPS) is 10.6. The molecule has 0 atom stereocenters. The summed E-state index contributed by atoms with van der Waals surface area (Å²) in [4.78, 5) is 10.2. The van der Waals surface area contributed by atoms with Crippen LogP contribution in [0.2, 0.25) is 0 Å². The quantitative estimate of drug-likeness (QED) is 0.627. The van der Waals surface area contributed by atoms with E-state index < -0.39 is 5.97 Å². The van der Waals surface area contributed by atoms with E-state index in [-0.39, 0.29) is 12.4 Å². The molecule has 1 rings (SSSR count). The highest BCUT2D eigenvalue weighted by Gasteiger charge is 2.00. The molecule has 4 nitrogen and oxygen atoms in total. The van der Waals surface area contributed by atoms with Crippen molar-refractivity contribution in [3.05, 3.63) is 35.4 Å². The summed E-state index contributed by atoms with van der Waals surface area (Å²) in [5.41, 5.74) is 1.07. The second-order valence-corrected chi connectivity index (χ2v) is 2.71. The first-order valence-corrected chi connectivity index (χ1v) is 3.97. The lowest BCUT2D eigenvalue weighted by Crippen LogP contribution is -1.90. The fourth-order valence-corrected chi connectivity index (χ4v) is 1.05. The van der Waals surface area contributed by atoms with Crippen LogP contribution in [0.25, 0.3) is 6.08 Å².